The Morgan fingerprint density at radius 1 is 1.21 bits per heavy atom. The minimum Gasteiger partial charge on any atom is -0.337 e. The van der Waals surface area contributed by atoms with Crippen molar-refractivity contribution in [2.24, 2.45) is 0 Å². The van der Waals surface area contributed by atoms with E-state index in [0.717, 1.165) is 60.8 Å². The molecule has 0 fully saturated rings. The first-order valence-corrected chi connectivity index (χ1v) is 8.43. The minimum atomic E-state index is 0.729. The summed E-state index contributed by atoms with van der Waals surface area (Å²) in [5.41, 5.74) is 4.28. The largest absolute Gasteiger partial charge is 0.337 e. The lowest BCUT2D eigenvalue weighted by Crippen LogP contribution is -2.03. The molecule has 0 spiro atoms. The average Bonchev–Trinajstić information content (AvgIpc) is 3.25. The van der Waals surface area contributed by atoms with Crippen LogP contribution in [0.4, 0.5) is 11.5 Å². The highest BCUT2D eigenvalue weighted by Gasteiger charge is 2.20. The molecule has 0 amide bonds. The van der Waals surface area contributed by atoms with Gasteiger partial charge in [-0.1, -0.05) is 6.92 Å². The van der Waals surface area contributed by atoms with Crippen molar-refractivity contribution >= 4 is 11.5 Å². The van der Waals surface area contributed by atoms with Gasteiger partial charge in [-0.15, -0.1) is 0 Å². The van der Waals surface area contributed by atoms with E-state index in [0.29, 0.717) is 0 Å². The number of nitrogens with one attached hydrogen (secondary N) is 1. The van der Waals surface area contributed by atoms with Crippen molar-refractivity contribution in [3.05, 3.63) is 48.2 Å². The number of rotatable bonds is 5. The number of nitrogens with zero attached hydrogens (tertiary/aromatic N) is 5. The van der Waals surface area contributed by atoms with Crippen LogP contribution in [0.2, 0.25) is 0 Å². The molecule has 1 aliphatic carbocycles. The fourth-order valence-corrected chi connectivity index (χ4v) is 3.08. The lowest BCUT2D eigenvalue weighted by Gasteiger charge is -2.11. The summed E-state index contributed by atoms with van der Waals surface area (Å²) in [6.07, 6.45) is 11.7. The van der Waals surface area contributed by atoms with Gasteiger partial charge in [-0.3, -0.25) is 9.67 Å². The predicted octanol–water partition coefficient (Wildman–Crippen LogP) is 3.38. The van der Waals surface area contributed by atoms with Crippen LogP contribution in [0.15, 0.2) is 36.9 Å². The molecule has 0 saturated heterocycles. The normalized spacial score (nSPS) is 13.0. The molecule has 1 N–H and O–H groups in total. The predicted molar refractivity (Wildman–Crippen MR) is 93.1 cm³/mol. The van der Waals surface area contributed by atoms with Crippen LogP contribution in [-0.4, -0.2) is 24.7 Å². The van der Waals surface area contributed by atoms with Gasteiger partial charge in [-0.2, -0.15) is 5.10 Å². The number of aryl methyl sites for hydroxylation is 2. The molecule has 3 aromatic heterocycles. The molecule has 0 aromatic carbocycles. The zero-order valence-corrected chi connectivity index (χ0v) is 13.7. The Bertz CT molecular complexity index is 840. The van der Waals surface area contributed by atoms with E-state index in [4.69, 9.17) is 9.97 Å². The van der Waals surface area contributed by atoms with E-state index in [1.807, 2.05) is 29.2 Å². The number of fused-ring (bicyclic) bond motifs is 1. The Morgan fingerprint density at radius 2 is 2.17 bits per heavy atom. The first-order valence-electron chi connectivity index (χ1n) is 8.43. The van der Waals surface area contributed by atoms with E-state index >= 15 is 0 Å². The molecule has 0 radical (unpaired) electrons. The van der Waals surface area contributed by atoms with Crippen LogP contribution in [0.5, 0.6) is 0 Å². The van der Waals surface area contributed by atoms with Crippen molar-refractivity contribution in [2.45, 2.75) is 39.2 Å². The molecule has 1 aliphatic rings. The molecule has 4 rings (SSSR count). The lowest BCUT2D eigenvalue weighted by atomic mass is 10.2. The molecular weight excluding hydrogens is 300 g/mol. The summed E-state index contributed by atoms with van der Waals surface area (Å²) in [6.45, 7) is 3.07. The maximum atomic E-state index is 4.77. The maximum Gasteiger partial charge on any atom is 0.163 e. The fraction of sp³-hybridized carbons (Fsp3) is 0.333. The second-order valence-corrected chi connectivity index (χ2v) is 6.03. The average molecular weight is 320 g/mol. The third kappa shape index (κ3) is 2.87. The number of aromatic nitrogens is 5. The zero-order valence-electron chi connectivity index (χ0n) is 13.7. The topological polar surface area (TPSA) is 68.5 Å². The van der Waals surface area contributed by atoms with Crippen LogP contribution in [0, 0.1) is 0 Å². The summed E-state index contributed by atoms with van der Waals surface area (Å²) in [5, 5.41) is 7.82. The van der Waals surface area contributed by atoms with E-state index in [1.54, 1.807) is 12.4 Å². The summed E-state index contributed by atoms with van der Waals surface area (Å²) in [7, 11) is 0. The molecule has 24 heavy (non-hydrogen) atoms. The molecule has 0 bridgehead atoms. The minimum absolute atomic E-state index is 0.729. The van der Waals surface area contributed by atoms with Gasteiger partial charge in [-0.25, -0.2) is 9.97 Å². The molecule has 3 aromatic rings. The number of hydrogen-bond donors (Lipinski definition) is 1. The van der Waals surface area contributed by atoms with Crippen LogP contribution >= 0.6 is 0 Å². The molecule has 0 aliphatic heterocycles. The lowest BCUT2D eigenvalue weighted by molar-refractivity contribution is 0.603. The summed E-state index contributed by atoms with van der Waals surface area (Å²) in [6, 6.07) is 3.90. The number of anilines is 2. The van der Waals surface area contributed by atoms with Gasteiger partial charge in [0.15, 0.2) is 5.82 Å². The number of hydrogen-bond acceptors (Lipinski definition) is 5. The zero-order chi connectivity index (χ0) is 16.4. The van der Waals surface area contributed by atoms with Crippen LogP contribution < -0.4 is 5.32 Å². The summed E-state index contributed by atoms with van der Waals surface area (Å²) >= 11 is 0. The fourth-order valence-electron chi connectivity index (χ4n) is 3.08. The molecule has 122 valence electrons. The highest BCUT2D eigenvalue weighted by molar-refractivity contribution is 5.64. The summed E-state index contributed by atoms with van der Waals surface area (Å²) < 4.78 is 1.95. The van der Waals surface area contributed by atoms with Gasteiger partial charge in [0.1, 0.15) is 5.82 Å². The Hall–Kier alpha value is -2.76. The van der Waals surface area contributed by atoms with Gasteiger partial charge in [0, 0.05) is 42.0 Å². The standard InChI is InChI=1S/C18H20N6/c1-2-9-24-12-14(11-20-24)21-18-15-6-3-7-16(15)22-17(23-18)13-5-4-8-19-10-13/h4-5,8,10-12H,2-3,6-7,9H2,1H3,(H,21,22,23). The van der Waals surface area contributed by atoms with Crippen molar-refractivity contribution in [3.8, 4) is 11.4 Å². The Morgan fingerprint density at radius 3 is 3.00 bits per heavy atom. The van der Waals surface area contributed by atoms with Crippen LogP contribution in [-0.2, 0) is 19.4 Å². The van der Waals surface area contributed by atoms with Gasteiger partial charge in [0.2, 0.25) is 0 Å². The van der Waals surface area contributed by atoms with Crippen LogP contribution in [0.25, 0.3) is 11.4 Å². The van der Waals surface area contributed by atoms with E-state index in [1.165, 1.54) is 5.56 Å². The molecule has 0 unspecified atom stereocenters. The first kappa shape index (κ1) is 14.8. The third-order valence-electron chi connectivity index (χ3n) is 4.20. The van der Waals surface area contributed by atoms with Gasteiger partial charge < -0.3 is 5.32 Å². The molecular formula is C18H20N6. The molecule has 3 heterocycles. The van der Waals surface area contributed by atoms with Crippen molar-refractivity contribution in [3.63, 3.8) is 0 Å². The number of pyridine rings is 1. The second-order valence-electron chi connectivity index (χ2n) is 6.03. The quantitative estimate of drug-likeness (QED) is 0.780. The van der Waals surface area contributed by atoms with Crippen molar-refractivity contribution in [2.75, 3.05) is 5.32 Å². The van der Waals surface area contributed by atoms with Crippen LogP contribution in [0.3, 0.4) is 0 Å². The second kappa shape index (κ2) is 6.39. The Balaban J connectivity index is 1.70. The van der Waals surface area contributed by atoms with Gasteiger partial charge >= 0.3 is 0 Å². The highest BCUT2D eigenvalue weighted by atomic mass is 15.3. The van der Waals surface area contributed by atoms with Crippen molar-refractivity contribution < 1.29 is 0 Å². The van der Waals surface area contributed by atoms with Crippen molar-refractivity contribution in [1.29, 1.82) is 0 Å². The summed E-state index contributed by atoms with van der Waals surface area (Å²) in [4.78, 5) is 13.7. The van der Waals surface area contributed by atoms with Crippen LogP contribution in [0.1, 0.15) is 31.0 Å². The molecule has 6 nitrogen and oxygen atoms in total. The molecule has 0 saturated carbocycles. The Kier molecular flexibility index (Phi) is 3.94. The molecule has 6 heteroatoms. The monoisotopic (exact) mass is 320 g/mol. The summed E-state index contributed by atoms with van der Waals surface area (Å²) in [5.74, 6) is 1.62. The third-order valence-corrected chi connectivity index (χ3v) is 4.20. The maximum absolute atomic E-state index is 4.77. The Labute approximate surface area is 141 Å². The van der Waals surface area contributed by atoms with Gasteiger partial charge in [0.25, 0.3) is 0 Å². The smallest absolute Gasteiger partial charge is 0.163 e. The van der Waals surface area contributed by atoms with E-state index in [-0.39, 0.29) is 0 Å². The first-order chi connectivity index (χ1) is 11.8. The van der Waals surface area contributed by atoms with Crippen molar-refractivity contribution in [1.82, 2.24) is 24.7 Å². The van der Waals surface area contributed by atoms with E-state index in [9.17, 15) is 0 Å². The van der Waals surface area contributed by atoms with E-state index < -0.39 is 0 Å². The van der Waals surface area contributed by atoms with E-state index in [2.05, 4.69) is 22.3 Å². The molecule has 0 atom stereocenters. The highest BCUT2D eigenvalue weighted by Crippen LogP contribution is 2.30. The van der Waals surface area contributed by atoms with Gasteiger partial charge in [0.05, 0.1) is 11.9 Å². The SMILES string of the molecule is CCCn1cc(Nc2nc(-c3cccnc3)nc3c2CCC3)cn1. The van der Waals surface area contributed by atoms with Gasteiger partial charge in [-0.05, 0) is 37.8 Å².